The monoisotopic (exact) mass is 319 g/mol. The van der Waals surface area contributed by atoms with Crippen molar-refractivity contribution in [3.63, 3.8) is 0 Å². The molecule has 0 radical (unpaired) electrons. The molecule has 0 saturated carbocycles. The molecule has 0 fully saturated rings. The van der Waals surface area contributed by atoms with E-state index in [0.717, 1.165) is 26.6 Å². The maximum Gasteiger partial charge on any atom is 0.158 e. The van der Waals surface area contributed by atoms with Gasteiger partial charge in [-0.3, -0.25) is 0 Å². The number of hydrogen-bond acceptors (Lipinski definition) is 5. The van der Waals surface area contributed by atoms with Crippen LogP contribution in [-0.4, -0.2) is 17.0 Å². The number of rotatable bonds is 5. The Morgan fingerprint density at radius 3 is 2.71 bits per heavy atom. The van der Waals surface area contributed by atoms with Gasteiger partial charge < -0.3 is 10.1 Å². The van der Waals surface area contributed by atoms with E-state index < -0.39 is 0 Å². The van der Waals surface area contributed by atoms with Crippen LogP contribution in [0, 0.1) is 0 Å². The fraction of sp³-hybridized carbons (Fsp3) is 0.200. The van der Waals surface area contributed by atoms with Gasteiger partial charge in [-0.2, -0.15) is 0 Å². The van der Waals surface area contributed by atoms with Crippen LogP contribution in [0.25, 0.3) is 10.2 Å². The zero-order chi connectivity index (χ0) is 14.7. The van der Waals surface area contributed by atoms with Gasteiger partial charge in [0.25, 0.3) is 0 Å². The van der Waals surface area contributed by atoms with Crippen LogP contribution in [-0.2, 0) is 18.0 Å². The Morgan fingerprint density at radius 2 is 1.95 bits per heavy atom. The highest BCUT2D eigenvalue weighted by molar-refractivity contribution is 7.16. The molecule has 1 aromatic carbocycles. The first-order chi connectivity index (χ1) is 10.3. The molecule has 0 saturated heterocycles. The number of hydrogen-bond donors (Lipinski definition) is 1. The summed E-state index contributed by atoms with van der Waals surface area (Å²) < 4.78 is 5.68. The van der Waals surface area contributed by atoms with Gasteiger partial charge in [-0.25, -0.2) is 9.97 Å². The Bertz CT molecular complexity index is 742. The van der Waals surface area contributed by atoms with Crippen LogP contribution in [0.4, 0.5) is 5.82 Å². The summed E-state index contributed by atoms with van der Waals surface area (Å²) in [6.45, 7) is 0.892. The van der Waals surface area contributed by atoms with E-state index in [9.17, 15) is 0 Å². The molecule has 108 valence electrons. The second-order valence-electron chi connectivity index (χ2n) is 4.50. The molecule has 3 aromatic rings. The molecule has 0 aliphatic carbocycles. The van der Waals surface area contributed by atoms with Crippen molar-refractivity contribution in [3.8, 4) is 0 Å². The maximum atomic E-state index is 5.85. The first-order valence-corrected chi connectivity index (χ1v) is 7.76. The van der Waals surface area contributed by atoms with E-state index in [2.05, 4.69) is 15.3 Å². The Kier molecular flexibility index (Phi) is 4.34. The summed E-state index contributed by atoms with van der Waals surface area (Å²) in [4.78, 5) is 9.96. The van der Waals surface area contributed by atoms with E-state index in [4.69, 9.17) is 16.3 Å². The fourth-order valence-corrected chi connectivity index (χ4v) is 2.90. The van der Waals surface area contributed by atoms with Gasteiger partial charge in [0.1, 0.15) is 17.3 Å². The van der Waals surface area contributed by atoms with Crippen molar-refractivity contribution in [1.29, 1.82) is 0 Å². The van der Waals surface area contributed by atoms with Gasteiger partial charge in [0, 0.05) is 12.1 Å². The number of halogens is 1. The van der Waals surface area contributed by atoms with Gasteiger partial charge in [-0.1, -0.05) is 23.7 Å². The molecule has 0 atom stereocenters. The lowest BCUT2D eigenvalue weighted by molar-refractivity contribution is 0.102. The molecule has 0 unspecified atom stereocenters. The molecule has 4 nitrogen and oxygen atoms in total. The molecule has 2 heterocycles. The minimum atomic E-state index is 0.380. The van der Waals surface area contributed by atoms with E-state index >= 15 is 0 Å². The minimum absolute atomic E-state index is 0.380. The van der Waals surface area contributed by atoms with Gasteiger partial charge >= 0.3 is 0 Å². The summed E-state index contributed by atoms with van der Waals surface area (Å²) in [5.41, 5.74) is 1.07. The average molecular weight is 320 g/mol. The number of nitrogens with one attached hydrogen (secondary N) is 1. The average Bonchev–Trinajstić information content (AvgIpc) is 2.97. The van der Waals surface area contributed by atoms with Crippen LogP contribution < -0.4 is 5.32 Å². The summed E-state index contributed by atoms with van der Waals surface area (Å²) >= 11 is 7.45. The Balaban J connectivity index is 1.68. The van der Waals surface area contributed by atoms with Gasteiger partial charge in [0.2, 0.25) is 0 Å². The minimum Gasteiger partial charge on any atom is -0.372 e. The molecule has 0 bridgehead atoms. The smallest absolute Gasteiger partial charge is 0.158 e. The summed E-state index contributed by atoms with van der Waals surface area (Å²) in [6.07, 6.45) is 0. The highest BCUT2D eigenvalue weighted by Gasteiger charge is 2.07. The maximum absolute atomic E-state index is 5.85. The SMILES string of the molecule is CNc1nc(COCc2ccc(Cl)cc2)nc2sccc12. The quantitative estimate of drug-likeness (QED) is 0.769. The number of anilines is 1. The van der Waals surface area contributed by atoms with Crippen molar-refractivity contribution in [2.24, 2.45) is 0 Å². The number of thiophene rings is 1. The van der Waals surface area contributed by atoms with Gasteiger partial charge in [0.05, 0.1) is 12.0 Å². The molecule has 0 aliphatic heterocycles. The molecule has 2 aromatic heterocycles. The standard InChI is InChI=1S/C15H14ClN3OS/c1-17-14-12-6-7-21-15(12)19-13(18-14)9-20-8-10-2-4-11(16)5-3-10/h2-7H,8-9H2,1H3,(H,17,18,19). The molecular weight excluding hydrogens is 306 g/mol. The molecular formula is C15H14ClN3OS. The van der Waals surface area contributed by atoms with Crippen LogP contribution in [0.15, 0.2) is 35.7 Å². The predicted octanol–water partition coefficient (Wildman–Crippen LogP) is 4.10. The molecule has 0 aliphatic rings. The molecule has 21 heavy (non-hydrogen) atoms. The van der Waals surface area contributed by atoms with Crippen LogP contribution in [0.1, 0.15) is 11.4 Å². The van der Waals surface area contributed by atoms with Crippen LogP contribution in [0.5, 0.6) is 0 Å². The van der Waals surface area contributed by atoms with Crippen molar-refractivity contribution >= 4 is 39.0 Å². The number of fused-ring (bicyclic) bond motifs is 1. The second-order valence-corrected chi connectivity index (χ2v) is 5.83. The number of nitrogens with zero attached hydrogens (tertiary/aromatic N) is 2. The third-order valence-corrected chi connectivity index (χ3v) is 4.08. The summed E-state index contributed by atoms with van der Waals surface area (Å²) in [7, 11) is 1.86. The predicted molar refractivity (Wildman–Crippen MR) is 86.9 cm³/mol. The van der Waals surface area contributed by atoms with Gasteiger partial charge in [0.15, 0.2) is 5.82 Å². The topological polar surface area (TPSA) is 47.0 Å². The third kappa shape index (κ3) is 3.32. The lowest BCUT2D eigenvalue weighted by atomic mass is 10.2. The van der Waals surface area contributed by atoms with Crippen molar-refractivity contribution in [2.75, 3.05) is 12.4 Å². The molecule has 6 heteroatoms. The van der Waals surface area contributed by atoms with Crippen LogP contribution in [0.2, 0.25) is 5.02 Å². The van der Waals surface area contributed by atoms with E-state index in [1.807, 2.05) is 42.8 Å². The normalized spacial score (nSPS) is 11.0. The molecule has 3 rings (SSSR count). The number of benzene rings is 1. The van der Waals surface area contributed by atoms with E-state index in [-0.39, 0.29) is 0 Å². The van der Waals surface area contributed by atoms with Crippen molar-refractivity contribution < 1.29 is 4.74 Å². The van der Waals surface area contributed by atoms with Gasteiger partial charge in [-0.05, 0) is 29.1 Å². The lowest BCUT2D eigenvalue weighted by Gasteiger charge is -2.06. The first kappa shape index (κ1) is 14.3. The number of ether oxygens (including phenoxy) is 1. The van der Waals surface area contributed by atoms with Crippen molar-refractivity contribution in [2.45, 2.75) is 13.2 Å². The van der Waals surface area contributed by atoms with Crippen LogP contribution >= 0.6 is 22.9 Å². The van der Waals surface area contributed by atoms with Crippen LogP contribution in [0.3, 0.4) is 0 Å². The molecule has 0 amide bonds. The summed E-state index contributed by atoms with van der Waals surface area (Å²) in [5.74, 6) is 1.52. The van der Waals surface area contributed by atoms with Crippen molar-refractivity contribution in [3.05, 3.63) is 52.1 Å². The largest absolute Gasteiger partial charge is 0.372 e. The Hall–Kier alpha value is -1.69. The Labute approximate surface area is 131 Å². The number of aromatic nitrogens is 2. The van der Waals surface area contributed by atoms with Gasteiger partial charge in [-0.15, -0.1) is 11.3 Å². The second kappa shape index (κ2) is 6.39. The molecule has 0 spiro atoms. The third-order valence-electron chi connectivity index (χ3n) is 3.02. The lowest BCUT2D eigenvalue weighted by Crippen LogP contribution is -2.03. The highest BCUT2D eigenvalue weighted by Crippen LogP contribution is 2.24. The van der Waals surface area contributed by atoms with E-state index in [0.29, 0.717) is 19.0 Å². The summed E-state index contributed by atoms with van der Waals surface area (Å²) in [6, 6.07) is 9.63. The van der Waals surface area contributed by atoms with Crippen molar-refractivity contribution in [1.82, 2.24) is 9.97 Å². The van der Waals surface area contributed by atoms with E-state index in [1.165, 1.54) is 0 Å². The molecule has 1 N–H and O–H groups in total. The zero-order valence-corrected chi connectivity index (χ0v) is 13.0. The first-order valence-electron chi connectivity index (χ1n) is 6.50. The fourth-order valence-electron chi connectivity index (χ4n) is 2.00. The van der Waals surface area contributed by atoms with E-state index in [1.54, 1.807) is 11.3 Å². The highest BCUT2D eigenvalue weighted by atomic mass is 35.5. The zero-order valence-electron chi connectivity index (χ0n) is 11.5. The Morgan fingerprint density at radius 1 is 1.14 bits per heavy atom. The summed E-state index contributed by atoms with van der Waals surface area (Å²) in [5, 5.41) is 6.88.